The van der Waals surface area contributed by atoms with Crippen LogP contribution in [0.3, 0.4) is 0 Å². The normalized spacial score (nSPS) is 11.1. The molecule has 28 heavy (non-hydrogen) atoms. The van der Waals surface area contributed by atoms with Gasteiger partial charge in [0, 0.05) is 0 Å². The monoisotopic (exact) mass is 436 g/mol. The van der Waals surface area contributed by atoms with Gasteiger partial charge in [-0.3, -0.25) is 4.79 Å². The van der Waals surface area contributed by atoms with E-state index in [-0.39, 0.29) is 26.2 Å². The maximum absolute atomic E-state index is 12.7. The average molecular weight is 437 g/mol. The molecule has 0 aliphatic heterocycles. The number of nitrogens with zero attached hydrogens (tertiary/aromatic N) is 2. The zero-order valence-electron chi connectivity index (χ0n) is 14.6. The summed E-state index contributed by atoms with van der Waals surface area (Å²) in [4.78, 5) is 12.4. The number of hydrogen-bond acceptors (Lipinski definition) is 7. The van der Waals surface area contributed by atoms with Gasteiger partial charge in [0.15, 0.2) is 0 Å². The topological polar surface area (TPSA) is 125 Å². The molecule has 0 fully saturated rings. The predicted octanol–water partition coefficient (Wildman–Crippen LogP) is 3.93. The van der Waals surface area contributed by atoms with Crippen LogP contribution in [0.1, 0.15) is 26.5 Å². The second-order valence-electron chi connectivity index (χ2n) is 5.69. The highest BCUT2D eigenvalue weighted by Crippen LogP contribution is 2.30. The van der Waals surface area contributed by atoms with Crippen molar-refractivity contribution in [3.63, 3.8) is 0 Å². The summed E-state index contributed by atoms with van der Waals surface area (Å²) in [5, 5.41) is 16.9. The van der Waals surface area contributed by atoms with E-state index in [4.69, 9.17) is 16.1 Å². The lowest BCUT2D eigenvalue weighted by molar-refractivity contribution is 0.102. The van der Waals surface area contributed by atoms with Gasteiger partial charge in [-0.15, -0.1) is 11.3 Å². The second kappa shape index (κ2) is 7.63. The molecule has 2 aromatic heterocycles. The van der Waals surface area contributed by atoms with Crippen LogP contribution in [0.5, 0.6) is 0 Å². The Morgan fingerprint density at radius 3 is 2.71 bits per heavy atom. The highest BCUT2D eigenvalue weighted by atomic mass is 35.5. The lowest BCUT2D eigenvalue weighted by Crippen LogP contribution is -2.19. The molecule has 8 nitrogen and oxygen atoms in total. The first-order chi connectivity index (χ1) is 13.2. The zero-order chi connectivity index (χ0) is 20.5. The molecule has 0 aliphatic rings. The van der Waals surface area contributed by atoms with Crippen molar-refractivity contribution in [2.24, 2.45) is 0 Å². The fraction of sp³-hybridized carbons (Fsp3) is 0.118. The van der Waals surface area contributed by atoms with E-state index in [1.54, 1.807) is 32.0 Å². The summed E-state index contributed by atoms with van der Waals surface area (Å²) < 4.78 is 32.5. The molecule has 3 rings (SSSR count). The number of halogens is 1. The van der Waals surface area contributed by atoms with E-state index in [1.165, 1.54) is 11.4 Å². The number of hydrogen-bond donors (Lipinski definition) is 2. The molecule has 0 radical (unpaired) electrons. The molecule has 11 heteroatoms. The van der Waals surface area contributed by atoms with E-state index in [9.17, 15) is 18.5 Å². The molecule has 0 saturated heterocycles. The highest BCUT2D eigenvalue weighted by molar-refractivity contribution is 7.93. The third-order valence-corrected chi connectivity index (χ3v) is 6.64. The van der Waals surface area contributed by atoms with Gasteiger partial charge < -0.3 is 9.84 Å². The van der Waals surface area contributed by atoms with Gasteiger partial charge >= 0.3 is 0 Å². The van der Waals surface area contributed by atoms with Gasteiger partial charge in [0.1, 0.15) is 26.6 Å². The minimum atomic E-state index is -4.16. The summed E-state index contributed by atoms with van der Waals surface area (Å²) in [6, 6.07) is 8.28. The number of sulfonamides is 1. The Morgan fingerprint density at radius 1 is 1.32 bits per heavy atom. The SMILES string of the molecule is Cc1cccc(C#N)c1NC(=O)c1sccc1S(=O)(=O)Nc1onc(C)c1Cl. The van der Waals surface area contributed by atoms with Crippen LogP contribution >= 0.6 is 22.9 Å². The molecule has 2 N–H and O–H groups in total. The average Bonchev–Trinajstić information content (AvgIpc) is 3.26. The van der Waals surface area contributed by atoms with Crippen molar-refractivity contribution in [3.05, 3.63) is 56.4 Å². The summed E-state index contributed by atoms with van der Waals surface area (Å²) in [5.41, 5.74) is 1.60. The van der Waals surface area contributed by atoms with Crippen molar-refractivity contribution >= 4 is 50.4 Å². The van der Waals surface area contributed by atoms with Gasteiger partial charge in [-0.25, -0.2) is 13.1 Å². The van der Waals surface area contributed by atoms with E-state index in [0.717, 1.165) is 11.3 Å². The number of thiophene rings is 1. The van der Waals surface area contributed by atoms with Crippen LogP contribution in [0.4, 0.5) is 11.6 Å². The summed E-state index contributed by atoms with van der Waals surface area (Å²) in [7, 11) is -4.16. The Balaban J connectivity index is 1.93. The third-order valence-electron chi connectivity index (χ3n) is 3.77. The van der Waals surface area contributed by atoms with Gasteiger partial charge in [-0.05, 0) is 36.9 Å². The lowest BCUT2D eigenvalue weighted by atomic mass is 10.1. The number of nitriles is 1. The van der Waals surface area contributed by atoms with E-state index in [2.05, 4.69) is 15.2 Å². The quantitative estimate of drug-likeness (QED) is 0.624. The lowest BCUT2D eigenvalue weighted by Gasteiger charge is -2.11. The number of benzene rings is 1. The highest BCUT2D eigenvalue weighted by Gasteiger charge is 2.27. The number of rotatable bonds is 5. The molecule has 144 valence electrons. The molecule has 1 amide bonds. The Bertz CT molecular complexity index is 1210. The number of aryl methyl sites for hydroxylation is 2. The minimum absolute atomic E-state index is 0.0309. The minimum Gasteiger partial charge on any atom is -0.336 e. The van der Waals surface area contributed by atoms with Crippen LogP contribution in [0.15, 0.2) is 39.1 Å². The number of aromatic nitrogens is 1. The molecule has 0 bridgehead atoms. The van der Waals surface area contributed by atoms with E-state index in [0.29, 0.717) is 16.9 Å². The summed E-state index contributed by atoms with van der Waals surface area (Å²) in [6.07, 6.45) is 0. The summed E-state index contributed by atoms with van der Waals surface area (Å²) >= 11 is 6.90. The zero-order valence-corrected chi connectivity index (χ0v) is 17.0. The molecule has 3 aromatic rings. The number of amides is 1. The maximum atomic E-state index is 12.7. The Labute approximate surface area is 169 Å². The fourth-order valence-corrected chi connectivity index (χ4v) is 4.86. The van der Waals surface area contributed by atoms with Crippen molar-refractivity contribution in [3.8, 4) is 6.07 Å². The molecule has 0 unspecified atom stereocenters. The Morgan fingerprint density at radius 2 is 2.07 bits per heavy atom. The van der Waals surface area contributed by atoms with Crippen molar-refractivity contribution in [2.45, 2.75) is 18.7 Å². The number of para-hydroxylation sites is 1. The first-order valence-electron chi connectivity index (χ1n) is 7.77. The smallest absolute Gasteiger partial charge is 0.267 e. The number of carbonyl (C=O) groups excluding carboxylic acids is 1. The number of carbonyl (C=O) groups is 1. The molecule has 0 spiro atoms. The second-order valence-corrected chi connectivity index (χ2v) is 8.64. The molecular formula is C17H13ClN4O4S2. The molecule has 0 aliphatic carbocycles. The van der Waals surface area contributed by atoms with Crippen LogP contribution in [-0.2, 0) is 10.0 Å². The van der Waals surface area contributed by atoms with Crippen LogP contribution in [0.2, 0.25) is 5.02 Å². The van der Waals surface area contributed by atoms with Gasteiger partial charge in [0.2, 0.25) is 0 Å². The van der Waals surface area contributed by atoms with Crippen molar-refractivity contribution in [1.82, 2.24) is 5.16 Å². The van der Waals surface area contributed by atoms with Crippen molar-refractivity contribution in [1.29, 1.82) is 5.26 Å². The number of anilines is 2. The first-order valence-corrected chi connectivity index (χ1v) is 10.5. The van der Waals surface area contributed by atoms with E-state index >= 15 is 0 Å². The van der Waals surface area contributed by atoms with Crippen LogP contribution < -0.4 is 10.0 Å². The molecule has 1 aromatic carbocycles. The van der Waals surface area contributed by atoms with Gasteiger partial charge in [0.25, 0.3) is 21.8 Å². The van der Waals surface area contributed by atoms with E-state index in [1.807, 2.05) is 6.07 Å². The molecule has 0 saturated carbocycles. The van der Waals surface area contributed by atoms with Crippen molar-refractivity contribution < 1.29 is 17.7 Å². The van der Waals surface area contributed by atoms with Crippen LogP contribution in [-0.4, -0.2) is 19.5 Å². The summed E-state index contributed by atoms with van der Waals surface area (Å²) in [6.45, 7) is 3.29. The summed E-state index contributed by atoms with van der Waals surface area (Å²) in [5.74, 6) is -0.886. The van der Waals surface area contributed by atoms with E-state index < -0.39 is 15.9 Å². The Kier molecular flexibility index (Phi) is 5.42. The number of nitrogens with one attached hydrogen (secondary N) is 2. The van der Waals surface area contributed by atoms with Gasteiger partial charge in [-0.2, -0.15) is 5.26 Å². The third kappa shape index (κ3) is 3.73. The first kappa shape index (κ1) is 19.9. The molecule has 2 heterocycles. The van der Waals surface area contributed by atoms with Crippen LogP contribution in [0, 0.1) is 25.2 Å². The Hall–Kier alpha value is -2.87. The molecule has 0 atom stereocenters. The fourth-order valence-electron chi connectivity index (χ4n) is 2.37. The maximum Gasteiger partial charge on any atom is 0.267 e. The standard InChI is InChI=1S/C17H13ClN4O4S2/c1-9-4-3-5-11(8-19)14(9)20-16(23)15-12(6-7-27-15)28(24,25)22-17-13(18)10(2)21-26-17/h3-7,22H,1-2H3,(H,20,23). The predicted molar refractivity (Wildman–Crippen MR) is 105 cm³/mol. The van der Waals surface area contributed by atoms with Crippen molar-refractivity contribution in [2.75, 3.05) is 10.0 Å². The molecular weight excluding hydrogens is 424 g/mol. The van der Waals surface area contributed by atoms with Gasteiger partial charge in [-0.1, -0.05) is 28.9 Å². The van der Waals surface area contributed by atoms with Crippen LogP contribution in [0.25, 0.3) is 0 Å². The largest absolute Gasteiger partial charge is 0.336 e. The van der Waals surface area contributed by atoms with Gasteiger partial charge in [0.05, 0.1) is 11.3 Å².